The van der Waals surface area contributed by atoms with Crippen molar-refractivity contribution in [2.24, 2.45) is 5.92 Å². The van der Waals surface area contributed by atoms with Gasteiger partial charge in [0.05, 0.1) is 17.6 Å². The predicted octanol–water partition coefficient (Wildman–Crippen LogP) is 1.61. The number of benzene rings is 1. The number of aliphatic hydroxyl groups is 1. The van der Waals surface area contributed by atoms with E-state index in [0.717, 1.165) is 0 Å². The number of hydrogen-bond acceptors (Lipinski definition) is 5. The van der Waals surface area contributed by atoms with Crippen LogP contribution in [0.4, 0.5) is 17.1 Å². The van der Waals surface area contributed by atoms with Crippen LogP contribution < -0.4 is 11.1 Å². The second kappa shape index (κ2) is 5.49. The zero-order valence-corrected chi connectivity index (χ0v) is 9.88. The van der Waals surface area contributed by atoms with Gasteiger partial charge in [-0.3, -0.25) is 10.1 Å². The lowest BCUT2D eigenvalue weighted by molar-refractivity contribution is -0.383. The third-order valence-corrected chi connectivity index (χ3v) is 2.59. The normalized spacial score (nSPS) is 12.5. The van der Waals surface area contributed by atoms with E-state index in [1.807, 2.05) is 13.8 Å². The van der Waals surface area contributed by atoms with Crippen molar-refractivity contribution in [2.45, 2.75) is 19.9 Å². The van der Waals surface area contributed by atoms with Gasteiger partial charge < -0.3 is 16.2 Å². The molecule has 0 spiro atoms. The highest BCUT2D eigenvalue weighted by molar-refractivity contribution is 5.74. The number of hydrogen-bond donors (Lipinski definition) is 3. The Balaban J connectivity index is 3.05. The Morgan fingerprint density at radius 1 is 1.53 bits per heavy atom. The number of nitrogens with two attached hydrogens (primary N) is 1. The van der Waals surface area contributed by atoms with Gasteiger partial charge in [0.15, 0.2) is 0 Å². The van der Waals surface area contributed by atoms with E-state index in [1.54, 1.807) is 12.1 Å². The summed E-state index contributed by atoms with van der Waals surface area (Å²) in [6.07, 6.45) is 0. The molecule has 6 heteroatoms. The van der Waals surface area contributed by atoms with Gasteiger partial charge in [-0.05, 0) is 18.1 Å². The van der Waals surface area contributed by atoms with Gasteiger partial charge in [0, 0.05) is 0 Å². The molecule has 0 heterocycles. The van der Waals surface area contributed by atoms with Crippen molar-refractivity contribution in [3.8, 4) is 0 Å². The lowest BCUT2D eigenvalue weighted by Gasteiger charge is -2.21. The third kappa shape index (κ3) is 3.07. The molecule has 1 unspecified atom stereocenters. The average Bonchev–Trinajstić information content (AvgIpc) is 2.24. The van der Waals surface area contributed by atoms with E-state index in [4.69, 9.17) is 5.73 Å². The van der Waals surface area contributed by atoms with Crippen LogP contribution in [0.3, 0.4) is 0 Å². The molecule has 0 aromatic heterocycles. The summed E-state index contributed by atoms with van der Waals surface area (Å²) in [5.41, 5.74) is 5.87. The van der Waals surface area contributed by atoms with E-state index in [1.165, 1.54) is 6.07 Å². The third-order valence-electron chi connectivity index (χ3n) is 2.59. The summed E-state index contributed by atoms with van der Waals surface area (Å²) in [6.45, 7) is 3.75. The molecule has 0 saturated carbocycles. The first-order valence-electron chi connectivity index (χ1n) is 5.37. The van der Waals surface area contributed by atoms with Gasteiger partial charge in [0.1, 0.15) is 11.4 Å². The summed E-state index contributed by atoms with van der Waals surface area (Å²) < 4.78 is 0. The van der Waals surface area contributed by atoms with Crippen LogP contribution in [-0.4, -0.2) is 22.7 Å². The topological polar surface area (TPSA) is 101 Å². The number of para-hydroxylation sites is 1. The highest BCUT2D eigenvalue weighted by atomic mass is 16.6. The van der Waals surface area contributed by atoms with E-state index in [9.17, 15) is 15.2 Å². The molecular weight excluding hydrogens is 222 g/mol. The maximum absolute atomic E-state index is 10.9. The van der Waals surface area contributed by atoms with Crippen molar-refractivity contribution in [3.05, 3.63) is 28.3 Å². The molecule has 6 nitrogen and oxygen atoms in total. The maximum atomic E-state index is 10.9. The SMILES string of the molecule is CC(C)C(CO)Nc1cccc(N)c1[N+](=O)[O-]. The van der Waals surface area contributed by atoms with E-state index in [0.29, 0.717) is 5.69 Å². The Bertz CT molecular complexity index is 407. The molecular formula is C11H17N3O3. The first-order valence-corrected chi connectivity index (χ1v) is 5.37. The number of nitrogen functional groups attached to an aromatic ring is 1. The van der Waals surface area contributed by atoms with Crippen LogP contribution in [-0.2, 0) is 0 Å². The second-order valence-corrected chi connectivity index (χ2v) is 4.18. The van der Waals surface area contributed by atoms with Crippen molar-refractivity contribution in [3.63, 3.8) is 0 Å². The Morgan fingerprint density at radius 2 is 2.18 bits per heavy atom. The molecule has 0 amide bonds. The van der Waals surface area contributed by atoms with E-state index < -0.39 is 4.92 Å². The highest BCUT2D eigenvalue weighted by Crippen LogP contribution is 2.31. The van der Waals surface area contributed by atoms with E-state index >= 15 is 0 Å². The fraction of sp³-hybridized carbons (Fsp3) is 0.455. The van der Waals surface area contributed by atoms with Crippen LogP contribution in [0, 0.1) is 16.0 Å². The fourth-order valence-corrected chi connectivity index (χ4v) is 1.50. The van der Waals surface area contributed by atoms with Crippen molar-refractivity contribution < 1.29 is 10.0 Å². The lowest BCUT2D eigenvalue weighted by atomic mass is 10.0. The standard InChI is InChI=1S/C11H17N3O3/c1-7(2)10(6-15)13-9-5-3-4-8(12)11(9)14(16)17/h3-5,7,10,13,15H,6,12H2,1-2H3. The lowest BCUT2D eigenvalue weighted by Crippen LogP contribution is -2.29. The van der Waals surface area contributed by atoms with E-state index in [-0.39, 0.29) is 29.9 Å². The van der Waals surface area contributed by atoms with Gasteiger partial charge in [-0.25, -0.2) is 0 Å². The summed E-state index contributed by atoms with van der Waals surface area (Å²) in [5.74, 6) is 0.154. The smallest absolute Gasteiger partial charge is 0.314 e. The van der Waals surface area contributed by atoms with Crippen LogP contribution in [0.5, 0.6) is 0 Å². The molecule has 0 radical (unpaired) electrons. The van der Waals surface area contributed by atoms with Crippen LogP contribution in [0.2, 0.25) is 0 Å². The van der Waals surface area contributed by atoms with Crippen molar-refractivity contribution in [1.82, 2.24) is 0 Å². The number of nitrogens with zero attached hydrogens (tertiary/aromatic N) is 1. The first kappa shape index (κ1) is 13.2. The van der Waals surface area contributed by atoms with Gasteiger partial charge in [-0.1, -0.05) is 19.9 Å². The maximum Gasteiger partial charge on any atom is 0.314 e. The van der Waals surface area contributed by atoms with Crippen LogP contribution in [0.25, 0.3) is 0 Å². The van der Waals surface area contributed by atoms with Crippen molar-refractivity contribution in [2.75, 3.05) is 17.7 Å². The van der Waals surface area contributed by atoms with Crippen molar-refractivity contribution >= 4 is 17.1 Å². The number of nitro groups is 1. The molecule has 1 aromatic rings. The molecule has 0 saturated heterocycles. The van der Waals surface area contributed by atoms with Gasteiger partial charge in [-0.15, -0.1) is 0 Å². The second-order valence-electron chi connectivity index (χ2n) is 4.18. The Labute approximate surface area is 99.6 Å². The molecule has 0 bridgehead atoms. The molecule has 1 aromatic carbocycles. The molecule has 1 atom stereocenters. The number of anilines is 2. The summed E-state index contributed by atoms with van der Waals surface area (Å²) in [6, 6.07) is 4.46. The molecule has 4 N–H and O–H groups in total. The average molecular weight is 239 g/mol. The largest absolute Gasteiger partial charge is 0.394 e. The Hall–Kier alpha value is -1.82. The predicted molar refractivity (Wildman–Crippen MR) is 66.8 cm³/mol. The summed E-state index contributed by atoms with van der Waals surface area (Å²) in [4.78, 5) is 10.4. The minimum absolute atomic E-state index is 0.0936. The zero-order valence-electron chi connectivity index (χ0n) is 9.88. The highest BCUT2D eigenvalue weighted by Gasteiger charge is 2.21. The van der Waals surface area contributed by atoms with Gasteiger partial charge in [0.25, 0.3) is 0 Å². The summed E-state index contributed by atoms with van der Waals surface area (Å²) in [7, 11) is 0. The molecule has 0 aliphatic rings. The first-order chi connectivity index (χ1) is 7.97. The molecule has 1 rings (SSSR count). The molecule has 0 aliphatic heterocycles. The Kier molecular flexibility index (Phi) is 4.28. The molecule has 0 aliphatic carbocycles. The van der Waals surface area contributed by atoms with Crippen LogP contribution >= 0.6 is 0 Å². The number of rotatable bonds is 5. The number of nitro benzene ring substituents is 1. The quantitative estimate of drug-likeness (QED) is 0.411. The van der Waals surface area contributed by atoms with Gasteiger partial charge >= 0.3 is 5.69 Å². The van der Waals surface area contributed by atoms with Crippen LogP contribution in [0.15, 0.2) is 18.2 Å². The van der Waals surface area contributed by atoms with Crippen molar-refractivity contribution in [1.29, 1.82) is 0 Å². The molecule has 0 fully saturated rings. The molecule has 94 valence electrons. The summed E-state index contributed by atoms with van der Waals surface area (Å²) >= 11 is 0. The number of nitrogens with one attached hydrogen (secondary N) is 1. The Morgan fingerprint density at radius 3 is 2.65 bits per heavy atom. The fourth-order valence-electron chi connectivity index (χ4n) is 1.50. The zero-order chi connectivity index (χ0) is 13.0. The van der Waals surface area contributed by atoms with E-state index in [2.05, 4.69) is 5.32 Å². The van der Waals surface area contributed by atoms with Crippen LogP contribution in [0.1, 0.15) is 13.8 Å². The monoisotopic (exact) mass is 239 g/mol. The number of aliphatic hydroxyl groups excluding tert-OH is 1. The minimum Gasteiger partial charge on any atom is -0.394 e. The minimum atomic E-state index is -0.521. The van der Waals surface area contributed by atoms with Gasteiger partial charge in [0.2, 0.25) is 0 Å². The van der Waals surface area contributed by atoms with Gasteiger partial charge in [-0.2, -0.15) is 0 Å². The molecule has 17 heavy (non-hydrogen) atoms. The summed E-state index contributed by atoms with van der Waals surface area (Å²) in [5, 5.41) is 23.0.